The van der Waals surface area contributed by atoms with Crippen LogP contribution in [-0.2, 0) is 4.79 Å². The highest BCUT2D eigenvalue weighted by atomic mass is 35.5. The molecular formula is C20H16ClNO. The minimum absolute atomic E-state index is 0.0317. The Labute approximate surface area is 140 Å². The third-order valence-corrected chi connectivity index (χ3v) is 4.55. The van der Waals surface area contributed by atoms with Crippen molar-refractivity contribution in [3.8, 4) is 0 Å². The normalized spacial score (nSPS) is 13.7. The summed E-state index contributed by atoms with van der Waals surface area (Å²) in [5, 5.41) is 1.75. The van der Waals surface area contributed by atoms with E-state index < -0.39 is 0 Å². The molecule has 2 aromatic rings. The van der Waals surface area contributed by atoms with Gasteiger partial charge >= 0.3 is 0 Å². The van der Waals surface area contributed by atoms with Crippen molar-refractivity contribution >= 4 is 33.9 Å². The Morgan fingerprint density at radius 3 is 2.70 bits per heavy atom. The van der Waals surface area contributed by atoms with Crippen LogP contribution in [0.3, 0.4) is 0 Å². The highest BCUT2D eigenvalue weighted by molar-refractivity contribution is 6.32. The van der Waals surface area contributed by atoms with Crippen molar-refractivity contribution < 1.29 is 4.79 Å². The minimum atomic E-state index is 0.0317. The molecule has 1 aromatic carbocycles. The van der Waals surface area contributed by atoms with Gasteiger partial charge in [0.25, 0.3) is 0 Å². The predicted molar refractivity (Wildman–Crippen MR) is 95.6 cm³/mol. The first kappa shape index (κ1) is 15.5. The highest BCUT2D eigenvalue weighted by Crippen LogP contribution is 2.29. The number of fused-ring (bicyclic) bond motifs is 1. The number of ketones is 1. The van der Waals surface area contributed by atoms with Gasteiger partial charge in [-0.15, -0.1) is 5.73 Å². The van der Waals surface area contributed by atoms with Gasteiger partial charge in [-0.3, -0.25) is 9.78 Å². The van der Waals surface area contributed by atoms with E-state index in [-0.39, 0.29) is 5.78 Å². The first-order valence-corrected chi connectivity index (χ1v) is 7.77. The Morgan fingerprint density at radius 2 is 1.96 bits per heavy atom. The monoisotopic (exact) mass is 321 g/mol. The Balaban J connectivity index is 2.15. The molecule has 114 valence electrons. The molecule has 0 N–H and O–H groups in total. The molecular weight excluding hydrogens is 306 g/mol. The maximum absolute atomic E-state index is 11.5. The molecule has 0 atom stereocenters. The molecule has 0 amide bonds. The number of Topliss-reactive ketones (excluding diaryl/α,β-unsaturated/α-hetero) is 1. The number of rotatable bonds is 2. The van der Waals surface area contributed by atoms with E-state index in [4.69, 9.17) is 11.6 Å². The number of halogens is 1. The lowest BCUT2D eigenvalue weighted by Gasteiger charge is -2.09. The quantitative estimate of drug-likeness (QED) is 0.718. The first-order valence-electron chi connectivity index (χ1n) is 7.39. The van der Waals surface area contributed by atoms with Gasteiger partial charge in [0.1, 0.15) is 0 Å². The van der Waals surface area contributed by atoms with E-state index >= 15 is 0 Å². The number of benzene rings is 1. The predicted octanol–water partition coefficient (Wildman–Crippen LogP) is 5.13. The van der Waals surface area contributed by atoms with Gasteiger partial charge in [-0.25, -0.2) is 0 Å². The molecule has 1 aliphatic rings. The van der Waals surface area contributed by atoms with Crippen molar-refractivity contribution in [1.82, 2.24) is 4.98 Å². The number of hydrogen-bond donors (Lipinski definition) is 0. The van der Waals surface area contributed by atoms with Gasteiger partial charge in [0.2, 0.25) is 0 Å². The van der Waals surface area contributed by atoms with Gasteiger partial charge in [0.15, 0.2) is 5.78 Å². The average Bonchev–Trinajstić information content (AvgIpc) is 2.79. The number of pyridine rings is 1. The molecule has 2 nitrogen and oxygen atoms in total. The largest absolute Gasteiger partial charge is 0.294 e. The molecule has 23 heavy (non-hydrogen) atoms. The summed E-state index contributed by atoms with van der Waals surface area (Å²) < 4.78 is 0. The zero-order valence-electron chi connectivity index (χ0n) is 13.3. The Hall–Kier alpha value is -2.41. The Kier molecular flexibility index (Phi) is 4.04. The third kappa shape index (κ3) is 2.92. The summed E-state index contributed by atoms with van der Waals surface area (Å²) in [5.41, 5.74) is 8.56. The van der Waals surface area contributed by atoms with Crippen LogP contribution in [0.15, 0.2) is 53.8 Å². The molecule has 0 aliphatic heterocycles. The van der Waals surface area contributed by atoms with E-state index in [2.05, 4.69) is 16.8 Å². The molecule has 3 rings (SSSR count). The molecule has 0 saturated heterocycles. The lowest BCUT2D eigenvalue weighted by atomic mass is 10.0. The highest BCUT2D eigenvalue weighted by Gasteiger charge is 2.09. The van der Waals surface area contributed by atoms with Crippen LogP contribution in [-0.4, -0.2) is 10.8 Å². The van der Waals surface area contributed by atoms with Gasteiger partial charge < -0.3 is 0 Å². The van der Waals surface area contributed by atoms with Crippen LogP contribution < -0.4 is 0 Å². The number of hydrogen-bond acceptors (Lipinski definition) is 2. The topological polar surface area (TPSA) is 30.0 Å². The number of aromatic nitrogens is 1. The summed E-state index contributed by atoms with van der Waals surface area (Å²) in [6.45, 7) is 5.48. The van der Waals surface area contributed by atoms with Crippen LogP contribution in [0.4, 0.5) is 0 Å². The zero-order chi connectivity index (χ0) is 16.6. The molecule has 1 heterocycles. The van der Waals surface area contributed by atoms with Gasteiger partial charge in [-0.1, -0.05) is 29.8 Å². The van der Waals surface area contributed by atoms with Crippen molar-refractivity contribution in [1.29, 1.82) is 0 Å². The summed E-state index contributed by atoms with van der Waals surface area (Å²) in [5.74, 6) is 0.0317. The Bertz CT molecular complexity index is 957. The Morgan fingerprint density at radius 1 is 1.17 bits per heavy atom. The molecule has 1 aromatic heterocycles. The second kappa shape index (κ2) is 6.00. The van der Waals surface area contributed by atoms with Crippen molar-refractivity contribution in [3.05, 3.63) is 75.7 Å². The SMILES string of the molecule is CC(=O)C1=CC=C(c2ccc3nc(C)c(Cl)c(C)c3c2)C=C=C1. The molecule has 0 radical (unpaired) electrons. The van der Waals surface area contributed by atoms with Gasteiger partial charge in [0, 0.05) is 11.0 Å². The van der Waals surface area contributed by atoms with E-state index in [1.54, 1.807) is 13.0 Å². The van der Waals surface area contributed by atoms with Gasteiger partial charge in [0.05, 0.1) is 16.2 Å². The maximum Gasteiger partial charge on any atom is 0.160 e. The van der Waals surface area contributed by atoms with Crippen molar-refractivity contribution in [3.63, 3.8) is 0 Å². The fourth-order valence-corrected chi connectivity index (χ4v) is 2.77. The first-order chi connectivity index (χ1) is 11.0. The van der Waals surface area contributed by atoms with Gasteiger partial charge in [-0.05, 0) is 61.8 Å². The second-order valence-corrected chi connectivity index (χ2v) is 6.00. The number of allylic oxidation sites excluding steroid dienone is 5. The van der Waals surface area contributed by atoms with E-state index in [9.17, 15) is 4.79 Å². The lowest BCUT2D eigenvalue weighted by Crippen LogP contribution is -1.92. The number of carbonyl (C=O) groups excluding carboxylic acids is 1. The fourth-order valence-electron chi connectivity index (χ4n) is 2.63. The van der Waals surface area contributed by atoms with Gasteiger partial charge in [-0.2, -0.15) is 0 Å². The summed E-state index contributed by atoms with van der Waals surface area (Å²) in [6.07, 6.45) is 7.35. The third-order valence-electron chi connectivity index (χ3n) is 4.00. The van der Waals surface area contributed by atoms with E-state index in [0.717, 1.165) is 33.3 Å². The van der Waals surface area contributed by atoms with Crippen LogP contribution in [0.2, 0.25) is 5.02 Å². The average molecular weight is 322 g/mol. The summed E-state index contributed by atoms with van der Waals surface area (Å²) in [4.78, 5) is 16.0. The number of aryl methyl sites for hydroxylation is 2. The number of nitrogens with zero attached hydrogens (tertiary/aromatic N) is 1. The summed E-state index contributed by atoms with van der Waals surface area (Å²) >= 11 is 6.33. The van der Waals surface area contributed by atoms with E-state index in [1.807, 2.05) is 44.2 Å². The zero-order valence-corrected chi connectivity index (χ0v) is 14.0. The standard InChI is InChI=1S/C20H16ClNO/c1-12-18-11-17(9-10-19(18)22-13(2)20(12)21)16-6-4-5-15(7-8-16)14(3)23/h5-11H,1-3H3. The molecule has 0 spiro atoms. The minimum Gasteiger partial charge on any atom is -0.294 e. The van der Waals surface area contributed by atoms with Crippen LogP contribution in [0, 0.1) is 13.8 Å². The van der Waals surface area contributed by atoms with E-state index in [0.29, 0.717) is 10.6 Å². The van der Waals surface area contributed by atoms with E-state index in [1.165, 1.54) is 0 Å². The number of carbonyl (C=O) groups is 1. The lowest BCUT2D eigenvalue weighted by molar-refractivity contribution is -0.113. The van der Waals surface area contributed by atoms with Crippen molar-refractivity contribution in [2.24, 2.45) is 0 Å². The second-order valence-electron chi connectivity index (χ2n) is 5.62. The van der Waals surface area contributed by atoms with Crippen LogP contribution in [0.5, 0.6) is 0 Å². The van der Waals surface area contributed by atoms with Crippen molar-refractivity contribution in [2.75, 3.05) is 0 Å². The van der Waals surface area contributed by atoms with Crippen LogP contribution in [0.1, 0.15) is 23.7 Å². The molecule has 0 saturated carbocycles. The molecule has 1 aliphatic carbocycles. The van der Waals surface area contributed by atoms with Crippen LogP contribution >= 0.6 is 11.6 Å². The van der Waals surface area contributed by atoms with Crippen LogP contribution in [0.25, 0.3) is 16.5 Å². The maximum atomic E-state index is 11.5. The molecule has 3 heteroatoms. The van der Waals surface area contributed by atoms with Crippen molar-refractivity contribution in [2.45, 2.75) is 20.8 Å². The summed E-state index contributed by atoms with van der Waals surface area (Å²) in [6, 6.07) is 6.11. The fraction of sp³-hybridized carbons (Fsp3) is 0.150. The summed E-state index contributed by atoms with van der Waals surface area (Å²) in [7, 11) is 0. The molecule has 0 fully saturated rings. The smallest absolute Gasteiger partial charge is 0.160 e. The molecule has 0 bridgehead atoms. The molecule has 0 unspecified atom stereocenters.